The van der Waals surface area contributed by atoms with Crippen LogP contribution in [0.3, 0.4) is 0 Å². The molecule has 27 heavy (non-hydrogen) atoms. The van der Waals surface area contributed by atoms with Crippen LogP contribution in [0.5, 0.6) is 0 Å². The third kappa shape index (κ3) is 3.85. The summed E-state index contributed by atoms with van der Waals surface area (Å²) in [7, 11) is 0. The SMILES string of the molecule is CC(C)(C)C(=O)OCC1O[C@@](C#N)(c2ccc(/C(N)=N\C=N)[nH]2)[C@H](O)[C@@H]1O. The number of aliphatic hydroxyl groups is 2. The highest BCUT2D eigenvalue weighted by Crippen LogP contribution is 2.39. The third-order valence-corrected chi connectivity index (χ3v) is 4.18. The van der Waals surface area contributed by atoms with Gasteiger partial charge in [-0.25, -0.2) is 4.99 Å². The van der Waals surface area contributed by atoms with E-state index in [2.05, 4.69) is 9.98 Å². The van der Waals surface area contributed by atoms with Crippen LogP contribution in [0.2, 0.25) is 0 Å². The van der Waals surface area contributed by atoms with E-state index in [4.69, 9.17) is 20.6 Å². The van der Waals surface area contributed by atoms with Gasteiger partial charge >= 0.3 is 5.97 Å². The van der Waals surface area contributed by atoms with Crippen molar-refractivity contribution in [3.8, 4) is 6.07 Å². The number of H-pyrrole nitrogens is 1. The van der Waals surface area contributed by atoms with Crippen molar-refractivity contribution in [2.24, 2.45) is 16.1 Å². The molecule has 0 radical (unpaired) electrons. The topological polar surface area (TPSA) is 178 Å². The van der Waals surface area contributed by atoms with E-state index in [0.717, 1.165) is 6.34 Å². The number of ether oxygens (including phenoxy) is 2. The molecule has 0 aliphatic carbocycles. The Labute approximate surface area is 156 Å². The first-order valence-corrected chi connectivity index (χ1v) is 8.21. The van der Waals surface area contributed by atoms with Gasteiger partial charge in [-0.3, -0.25) is 10.2 Å². The summed E-state index contributed by atoms with van der Waals surface area (Å²) < 4.78 is 10.8. The lowest BCUT2D eigenvalue weighted by molar-refractivity contribution is -0.159. The van der Waals surface area contributed by atoms with Crippen molar-refractivity contribution in [2.45, 2.75) is 44.7 Å². The van der Waals surface area contributed by atoms with Gasteiger partial charge in [0, 0.05) is 0 Å². The number of aliphatic imine (C=N–C) groups is 1. The fourth-order valence-corrected chi connectivity index (χ4v) is 2.60. The number of aliphatic hydroxyl groups excluding tert-OH is 2. The van der Waals surface area contributed by atoms with Crippen molar-refractivity contribution in [3.05, 3.63) is 23.5 Å². The van der Waals surface area contributed by atoms with Crippen LogP contribution in [-0.2, 0) is 19.9 Å². The molecular weight excluding hydrogens is 354 g/mol. The first-order chi connectivity index (χ1) is 12.6. The van der Waals surface area contributed by atoms with Crippen LogP contribution in [0, 0.1) is 22.2 Å². The van der Waals surface area contributed by atoms with Gasteiger partial charge in [-0.2, -0.15) is 5.26 Å². The van der Waals surface area contributed by atoms with Crippen LogP contribution >= 0.6 is 0 Å². The molecule has 6 N–H and O–H groups in total. The molecule has 1 aromatic rings. The second-order valence-corrected chi connectivity index (χ2v) is 7.22. The van der Waals surface area contributed by atoms with E-state index in [1.54, 1.807) is 20.8 Å². The van der Waals surface area contributed by atoms with Crippen LogP contribution in [0.15, 0.2) is 17.1 Å². The fourth-order valence-electron chi connectivity index (χ4n) is 2.60. The molecule has 146 valence electrons. The Hall–Kier alpha value is -2.74. The van der Waals surface area contributed by atoms with Crippen molar-refractivity contribution >= 4 is 18.1 Å². The Bertz CT molecular complexity index is 790. The lowest BCUT2D eigenvalue weighted by atomic mass is 9.93. The number of amidine groups is 1. The van der Waals surface area contributed by atoms with Gasteiger partial charge < -0.3 is 30.4 Å². The van der Waals surface area contributed by atoms with E-state index in [1.807, 2.05) is 6.07 Å². The molecule has 2 heterocycles. The highest BCUT2D eigenvalue weighted by atomic mass is 16.6. The molecule has 0 amide bonds. The highest BCUT2D eigenvalue weighted by molar-refractivity contribution is 5.99. The van der Waals surface area contributed by atoms with E-state index in [1.165, 1.54) is 12.1 Å². The number of aromatic nitrogens is 1. The van der Waals surface area contributed by atoms with Crippen LogP contribution in [0.25, 0.3) is 0 Å². The Morgan fingerprint density at radius 1 is 1.56 bits per heavy atom. The van der Waals surface area contributed by atoms with Gasteiger partial charge in [-0.15, -0.1) is 0 Å². The number of nitrogens with one attached hydrogen (secondary N) is 2. The standard InChI is InChI=1S/C17H23N5O5/c1-16(2,3)15(25)26-6-10-12(23)13(24)17(7-18,27-10)11-5-4-9(22-11)14(20)21-8-19/h4-5,8,10,12-13,22-24H,6H2,1-3H3,(H3,19,20,21)/t10?,12-,13-,17+/m1/s1. The minimum absolute atomic E-state index is 0.00744. The summed E-state index contributed by atoms with van der Waals surface area (Å²) in [5.41, 5.74) is 3.51. The van der Waals surface area contributed by atoms with Crippen LogP contribution in [-0.4, -0.2) is 58.3 Å². The summed E-state index contributed by atoms with van der Waals surface area (Å²) in [6.45, 7) is 4.71. The van der Waals surface area contributed by atoms with Crippen LogP contribution < -0.4 is 5.73 Å². The maximum atomic E-state index is 11.9. The van der Waals surface area contributed by atoms with Gasteiger partial charge in [-0.05, 0) is 32.9 Å². The predicted molar refractivity (Wildman–Crippen MR) is 94.9 cm³/mol. The third-order valence-electron chi connectivity index (χ3n) is 4.18. The summed E-state index contributed by atoms with van der Waals surface area (Å²) in [4.78, 5) is 18.3. The number of nitrogens with zero attached hydrogens (tertiary/aromatic N) is 2. The smallest absolute Gasteiger partial charge is 0.311 e. The minimum Gasteiger partial charge on any atom is -0.462 e. The number of aromatic amines is 1. The summed E-state index contributed by atoms with van der Waals surface area (Å²) >= 11 is 0. The van der Waals surface area contributed by atoms with Crippen molar-refractivity contribution in [1.29, 1.82) is 10.7 Å². The first kappa shape index (κ1) is 20.6. The summed E-state index contributed by atoms with van der Waals surface area (Å²) in [6, 6.07) is 4.85. The first-order valence-electron chi connectivity index (χ1n) is 8.21. The van der Waals surface area contributed by atoms with E-state index < -0.39 is 35.3 Å². The molecule has 0 spiro atoms. The zero-order valence-electron chi connectivity index (χ0n) is 15.3. The van der Waals surface area contributed by atoms with Crippen molar-refractivity contribution in [2.75, 3.05) is 6.61 Å². The van der Waals surface area contributed by atoms with Crippen LogP contribution in [0.1, 0.15) is 32.2 Å². The summed E-state index contributed by atoms with van der Waals surface area (Å²) in [5, 5.41) is 37.3. The quantitative estimate of drug-likeness (QED) is 0.267. The normalized spacial score (nSPS) is 28.6. The van der Waals surface area contributed by atoms with Gasteiger partial charge in [0.25, 0.3) is 0 Å². The molecule has 0 bridgehead atoms. The predicted octanol–water partition coefficient (Wildman–Crippen LogP) is -0.244. The molecule has 1 aliphatic rings. The van der Waals surface area contributed by atoms with E-state index in [0.29, 0.717) is 5.69 Å². The van der Waals surface area contributed by atoms with Gasteiger partial charge in [0.2, 0.25) is 5.60 Å². The van der Waals surface area contributed by atoms with Crippen molar-refractivity contribution in [1.82, 2.24) is 4.98 Å². The summed E-state index contributed by atoms with van der Waals surface area (Å²) in [6.07, 6.45) is -3.37. The van der Waals surface area contributed by atoms with Gasteiger partial charge in [0.15, 0.2) is 0 Å². The van der Waals surface area contributed by atoms with Crippen molar-refractivity contribution < 1.29 is 24.5 Å². The van der Waals surface area contributed by atoms with Crippen molar-refractivity contribution in [3.63, 3.8) is 0 Å². The molecular formula is C17H23N5O5. The van der Waals surface area contributed by atoms with Gasteiger partial charge in [0.1, 0.15) is 43.2 Å². The molecule has 1 fully saturated rings. The minimum atomic E-state index is -1.90. The molecule has 1 saturated heterocycles. The highest BCUT2D eigenvalue weighted by Gasteiger charge is 2.57. The second-order valence-electron chi connectivity index (χ2n) is 7.22. The molecule has 1 aliphatic heterocycles. The number of hydrogen-bond donors (Lipinski definition) is 5. The molecule has 1 aromatic heterocycles. The average Bonchev–Trinajstić information content (AvgIpc) is 3.18. The number of esters is 1. The maximum absolute atomic E-state index is 11.9. The Morgan fingerprint density at radius 2 is 2.22 bits per heavy atom. The Balaban J connectivity index is 2.25. The lowest BCUT2D eigenvalue weighted by Gasteiger charge is -2.23. The molecule has 10 nitrogen and oxygen atoms in total. The second kappa shape index (κ2) is 7.48. The largest absolute Gasteiger partial charge is 0.462 e. The Kier molecular flexibility index (Phi) is 5.70. The zero-order valence-corrected chi connectivity index (χ0v) is 15.3. The maximum Gasteiger partial charge on any atom is 0.311 e. The number of hydrogen-bond acceptors (Lipinski definition) is 7. The van der Waals surface area contributed by atoms with Crippen LogP contribution in [0.4, 0.5) is 0 Å². The van der Waals surface area contributed by atoms with Gasteiger partial charge in [-0.1, -0.05) is 0 Å². The van der Waals surface area contributed by atoms with Gasteiger partial charge in [0.05, 0.1) is 16.8 Å². The molecule has 1 unspecified atom stereocenters. The molecule has 4 atom stereocenters. The monoisotopic (exact) mass is 377 g/mol. The number of rotatable bonds is 5. The number of nitrogens with two attached hydrogens (primary N) is 1. The Morgan fingerprint density at radius 3 is 2.78 bits per heavy atom. The molecule has 2 rings (SSSR count). The molecule has 0 saturated carbocycles. The van der Waals surface area contributed by atoms with E-state index in [-0.39, 0.29) is 18.1 Å². The summed E-state index contributed by atoms with van der Waals surface area (Å²) in [5.74, 6) is -0.493. The zero-order chi connectivity index (χ0) is 20.4. The van der Waals surface area contributed by atoms with E-state index >= 15 is 0 Å². The number of nitriles is 1. The fraction of sp³-hybridized carbons (Fsp3) is 0.529. The lowest BCUT2D eigenvalue weighted by Crippen LogP contribution is -2.40. The van der Waals surface area contributed by atoms with E-state index in [9.17, 15) is 20.3 Å². The molecule has 0 aromatic carbocycles. The number of carbonyl (C=O) groups excluding carboxylic acids is 1. The molecule has 10 heteroatoms. The average molecular weight is 377 g/mol. The number of carbonyl (C=O) groups is 1.